The first-order valence-corrected chi connectivity index (χ1v) is 6.68. The van der Waals surface area contributed by atoms with Crippen LogP contribution in [-0.2, 0) is 19.6 Å². The third-order valence-corrected chi connectivity index (χ3v) is 4.94. The molecule has 0 aliphatic carbocycles. The van der Waals surface area contributed by atoms with E-state index in [0.29, 0.717) is 0 Å². The van der Waals surface area contributed by atoms with Crippen LogP contribution in [0.4, 0.5) is 0 Å². The van der Waals surface area contributed by atoms with Crippen molar-refractivity contribution in [2.75, 3.05) is 14.2 Å². The molecule has 0 bridgehead atoms. The lowest BCUT2D eigenvalue weighted by Crippen LogP contribution is -2.50. The number of likely N-dealkylation sites (N-methyl/N-ethyl adjacent to an activating group) is 1. The fourth-order valence-electron chi connectivity index (χ4n) is 2.03. The van der Waals surface area contributed by atoms with Crippen LogP contribution < -0.4 is 0 Å². The minimum absolute atomic E-state index is 0.0140. The highest BCUT2D eigenvalue weighted by Crippen LogP contribution is 2.35. The van der Waals surface area contributed by atoms with Crippen LogP contribution in [0.3, 0.4) is 0 Å². The molecule has 0 radical (unpaired) electrons. The van der Waals surface area contributed by atoms with Crippen molar-refractivity contribution in [2.45, 2.75) is 17.0 Å². The molecule has 1 aliphatic heterocycles. The van der Waals surface area contributed by atoms with E-state index in [1.54, 1.807) is 12.1 Å². The highest BCUT2D eigenvalue weighted by Gasteiger charge is 2.45. The van der Waals surface area contributed by atoms with Gasteiger partial charge < -0.3 is 9.84 Å². The molecule has 1 heterocycles. The van der Waals surface area contributed by atoms with Gasteiger partial charge in [-0.15, -0.1) is 0 Å². The van der Waals surface area contributed by atoms with Gasteiger partial charge in [-0.2, -0.15) is 4.31 Å². The zero-order chi connectivity index (χ0) is 13.5. The number of fused-ring (bicyclic) bond motifs is 1. The number of ether oxygens (including phenoxy) is 1. The van der Waals surface area contributed by atoms with Crippen LogP contribution in [-0.4, -0.2) is 44.0 Å². The summed E-state index contributed by atoms with van der Waals surface area (Å²) in [5.74, 6) is -0.789. The van der Waals surface area contributed by atoms with Gasteiger partial charge in [0.15, 0.2) is 6.04 Å². The minimum atomic E-state index is -3.79. The fraction of sp³-hybridized carbons (Fsp3) is 0.364. The van der Waals surface area contributed by atoms with E-state index in [0.717, 1.165) is 11.4 Å². The Labute approximate surface area is 105 Å². The van der Waals surface area contributed by atoms with Crippen LogP contribution in [0, 0.1) is 0 Å². The molecule has 1 aliphatic rings. The molecule has 1 aromatic rings. The smallest absolute Gasteiger partial charge is 0.327 e. The van der Waals surface area contributed by atoms with E-state index in [1.165, 1.54) is 19.2 Å². The Kier molecular flexibility index (Phi) is 3.14. The molecule has 6 nitrogen and oxygen atoms in total. The highest BCUT2D eigenvalue weighted by molar-refractivity contribution is 7.89. The van der Waals surface area contributed by atoms with Gasteiger partial charge in [-0.1, -0.05) is 18.2 Å². The summed E-state index contributed by atoms with van der Waals surface area (Å²) >= 11 is 0. The average molecular weight is 271 g/mol. The zero-order valence-electron chi connectivity index (χ0n) is 9.90. The molecular formula is C11H13NO5S. The first kappa shape index (κ1) is 13.0. The van der Waals surface area contributed by atoms with Crippen molar-refractivity contribution < 1.29 is 23.1 Å². The van der Waals surface area contributed by atoms with Gasteiger partial charge in [-0.25, -0.2) is 8.42 Å². The number of aliphatic hydroxyl groups is 1. The number of methoxy groups -OCH3 is 1. The summed E-state index contributed by atoms with van der Waals surface area (Å²) in [5, 5.41) is 10.1. The second kappa shape index (κ2) is 4.34. The Morgan fingerprint density at radius 3 is 2.61 bits per heavy atom. The van der Waals surface area contributed by atoms with E-state index in [-0.39, 0.29) is 10.5 Å². The summed E-state index contributed by atoms with van der Waals surface area (Å²) < 4.78 is 29.7. The van der Waals surface area contributed by atoms with Crippen LogP contribution in [0.2, 0.25) is 0 Å². The molecule has 98 valence electrons. The second-order valence-electron chi connectivity index (χ2n) is 3.97. The van der Waals surface area contributed by atoms with E-state index in [2.05, 4.69) is 4.74 Å². The lowest BCUT2D eigenvalue weighted by atomic mass is 10.0. The normalized spacial score (nSPS) is 26.4. The molecule has 0 saturated carbocycles. The van der Waals surface area contributed by atoms with Crippen molar-refractivity contribution in [1.29, 1.82) is 0 Å². The maximum Gasteiger partial charge on any atom is 0.327 e. The summed E-state index contributed by atoms with van der Waals surface area (Å²) in [7, 11) is -1.39. The summed E-state index contributed by atoms with van der Waals surface area (Å²) in [6, 6.07) is 4.81. The Bertz CT molecular complexity index is 583. The minimum Gasteiger partial charge on any atom is -0.468 e. The van der Waals surface area contributed by atoms with Crippen LogP contribution in [0.5, 0.6) is 0 Å². The Morgan fingerprint density at radius 2 is 2.00 bits per heavy atom. The van der Waals surface area contributed by atoms with E-state index < -0.39 is 28.1 Å². The zero-order valence-corrected chi connectivity index (χ0v) is 10.7. The lowest BCUT2D eigenvalue weighted by molar-refractivity contribution is -0.149. The predicted octanol–water partition coefficient (Wildman–Crippen LogP) is -0.104. The molecule has 0 spiro atoms. The number of rotatable bonds is 1. The summed E-state index contributed by atoms with van der Waals surface area (Å²) in [4.78, 5) is 11.6. The topological polar surface area (TPSA) is 83.9 Å². The molecule has 1 aromatic carbocycles. The van der Waals surface area contributed by atoms with Crippen LogP contribution in [0.25, 0.3) is 0 Å². The average Bonchev–Trinajstić information content (AvgIpc) is 2.37. The molecule has 2 rings (SSSR count). The predicted molar refractivity (Wildman–Crippen MR) is 62.2 cm³/mol. The number of sulfonamides is 1. The third kappa shape index (κ3) is 1.71. The molecular weight excluding hydrogens is 258 g/mol. The van der Waals surface area contributed by atoms with Crippen LogP contribution in [0.1, 0.15) is 11.7 Å². The van der Waals surface area contributed by atoms with Crippen molar-refractivity contribution in [2.24, 2.45) is 0 Å². The summed E-state index contributed by atoms with van der Waals surface area (Å²) in [6.45, 7) is 0. The van der Waals surface area contributed by atoms with Gasteiger partial charge in [0.2, 0.25) is 10.0 Å². The maximum absolute atomic E-state index is 12.2. The number of esters is 1. The quantitative estimate of drug-likeness (QED) is 0.721. The first-order valence-electron chi connectivity index (χ1n) is 5.24. The van der Waals surface area contributed by atoms with Gasteiger partial charge in [0.05, 0.1) is 12.0 Å². The van der Waals surface area contributed by atoms with Crippen molar-refractivity contribution in [3.05, 3.63) is 29.8 Å². The van der Waals surface area contributed by atoms with E-state index in [1.807, 2.05) is 0 Å². The number of carbonyl (C=O) groups excluding carboxylic acids is 1. The van der Waals surface area contributed by atoms with E-state index in [9.17, 15) is 18.3 Å². The molecule has 7 heteroatoms. The van der Waals surface area contributed by atoms with Crippen molar-refractivity contribution in [1.82, 2.24) is 4.31 Å². The molecule has 0 saturated heterocycles. The maximum atomic E-state index is 12.2. The van der Waals surface area contributed by atoms with Gasteiger partial charge in [0.25, 0.3) is 0 Å². The summed E-state index contributed by atoms with van der Waals surface area (Å²) in [6.07, 6.45) is -1.23. The molecule has 0 fully saturated rings. The second-order valence-corrected chi connectivity index (χ2v) is 5.94. The summed E-state index contributed by atoms with van der Waals surface area (Å²) in [5.41, 5.74) is 0.214. The highest BCUT2D eigenvalue weighted by atomic mass is 32.2. The number of aliphatic hydroxyl groups excluding tert-OH is 1. The largest absolute Gasteiger partial charge is 0.468 e. The standard InChI is InChI=1S/C11H13NO5S/c1-12-9(11(14)17-2)10(13)7-5-3-4-6-8(7)18(12,15)16/h3-6,9-10,13H,1-2H3. The third-order valence-electron chi connectivity index (χ3n) is 3.03. The Hall–Kier alpha value is -1.44. The number of carbonyl (C=O) groups is 1. The molecule has 0 amide bonds. The van der Waals surface area contributed by atoms with Gasteiger partial charge in [0.1, 0.15) is 6.10 Å². The Balaban J connectivity index is 2.65. The van der Waals surface area contributed by atoms with E-state index >= 15 is 0 Å². The Morgan fingerprint density at radius 1 is 1.39 bits per heavy atom. The molecule has 2 atom stereocenters. The van der Waals surface area contributed by atoms with Gasteiger partial charge in [-0.05, 0) is 6.07 Å². The van der Waals surface area contributed by atoms with Crippen molar-refractivity contribution >= 4 is 16.0 Å². The number of hydrogen-bond acceptors (Lipinski definition) is 5. The monoisotopic (exact) mass is 271 g/mol. The number of hydrogen-bond donors (Lipinski definition) is 1. The molecule has 18 heavy (non-hydrogen) atoms. The van der Waals surface area contributed by atoms with Crippen LogP contribution in [0.15, 0.2) is 29.2 Å². The van der Waals surface area contributed by atoms with Crippen molar-refractivity contribution in [3.63, 3.8) is 0 Å². The van der Waals surface area contributed by atoms with Gasteiger partial charge >= 0.3 is 5.97 Å². The van der Waals surface area contributed by atoms with E-state index in [4.69, 9.17) is 0 Å². The molecule has 1 N–H and O–H groups in total. The SMILES string of the molecule is COC(=O)C1C(O)c2ccccc2S(=O)(=O)N1C. The fourth-order valence-corrected chi connectivity index (χ4v) is 3.58. The van der Waals surface area contributed by atoms with Gasteiger partial charge in [-0.3, -0.25) is 4.79 Å². The number of nitrogens with zero attached hydrogens (tertiary/aromatic N) is 1. The van der Waals surface area contributed by atoms with Crippen LogP contribution >= 0.6 is 0 Å². The molecule has 0 aromatic heterocycles. The lowest BCUT2D eigenvalue weighted by Gasteiger charge is -2.34. The van der Waals surface area contributed by atoms with Gasteiger partial charge in [0, 0.05) is 12.6 Å². The number of benzene rings is 1. The first-order chi connectivity index (χ1) is 8.41. The van der Waals surface area contributed by atoms with Crippen molar-refractivity contribution in [3.8, 4) is 0 Å². The molecule has 2 unspecified atom stereocenters.